The summed E-state index contributed by atoms with van der Waals surface area (Å²) in [6, 6.07) is 11.9. The molecule has 0 unspecified atom stereocenters. The fourth-order valence-corrected chi connectivity index (χ4v) is 4.46. The van der Waals surface area contributed by atoms with Gasteiger partial charge in [0.15, 0.2) is 0 Å². The molecule has 2 amide bonds. The van der Waals surface area contributed by atoms with E-state index in [2.05, 4.69) is 19.2 Å². The van der Waals surface area contributed by atoms with Crippen molar-refractivity contribution < 1.29 is 14.3 Å². The minimum atomic E-state index is -0.155. The first-order valence-corrected chi connectivity index (χ1v) is 10.5. The fraction of sp³-hybridized carbons (Fsp3) is 0.478. The number of ether oxygens (including phenoxy) is 1. The van der Waals surface area contributed by atoms with Gasteiger partial charge in [-0.2, -0.15) is 0 Å². The maximum Gasteiger partial charge on any atom is 0.268 e. The van der Waals surface area contributed by atoms with Crippen molar-refractivity contribution in [3.63, 3.8) is 0 Å². The largest absolute Gasteiger partial charge is 0.373 e. The lowest BCUT2D eigenvalue weighted by Gasteiger charge is -2.28. The Kier molecular flexibility index (Phi) is 5.72. The van der Waals surface area contributed by atoms with Crippen molar-refractivity contribution in [2.24, 2.45) is 5.92 Å². The predicted octanol–water partition coefficient (Wildman–Crippen LogP) is 3.21. The van der Waals surface area contributed by atoms with Gasteiger partial charge in [-0.15, -0.1) is 0 Å². The van der Waals surface area contributed by atoms with E-state index in [1.54, 1.807) is 6.07 Å². The van der Waals surface area contributed by atoms with Gasteiger partial charge in [0.1, 0.15) is 5.69 Å². The molecule has 29 heavy (non-hydrogen) atoms. The van der Waals surface area contributed by atoms with Crippen LogP contribution in [-0.4, -0.2) is 40.5 Å². The third-order valence-electron chi connectivity index (χ3n) is 6.00. The second-order valence-corrected chi connectivity index (χ2v) is 8.21. The smallest absolute Gasteiger partial charge is 0.268 e. The van der Waals surface area contributed by atoms with Crippen LogP contribution in [0, 0.1) is 5.92 Å². The van der Waals surface area contributed by atoms with Crippen LogP contribution in [0.4, 0.5) is 0 Å². The maximum absolute atomic E-state index is 13.4. The van der Waals surface area contributed by atoms with Gasteiger partial charge in [0.2, 0.25) is 0 Å². The summed E-state index contributed by atoms with van der Waals surface area (Å²) >= 11 is 0. The zero-order valence-electron chi connectivity index (χ0n) is 17.2. The van der Waals surface area contributed by atoms with Gasteiger partial charge in [-0.25, -0.2) is 0 Å². The van der Waals surface area contributed by atoms with Gasteiger partial charge in [0.25, 0.3) is 11.8 Å². The summed E-state index contributed by atoms with van der Waals surface area (Å²) in [5, 5.41) is 2.99. The number of nitrogens with one attached hydrogen (secondary N) is 1. The highest BCUT2D eigenvalue weighted by Gasteiger charge is 2.35. The molecule has 4 rings (SSSR count). The van der Waals surface area contributed by atoms with Gasteiger partial charge in [-0.3, -0.25) is 9.59 Å². The number of benzene rings is 1. The molecular weight excluding hydrogens is 366 g/mol. The summed E-state index contributed by atoms with van der Waals surface area (Å²) in [5.74, 6) is 0.292. The van der Waals surface area contributed by atoms with Gasteiger partial charge >= 0.3 is 0 Å². The highest BCUT2D eigenvalue weighted by molar-refractivity contribution is 6.01. The average molecular weight is 396 g/mol. The van der Waals surface area contributed by atoms with Crippen LogP contribution in [0.2, 0.25) is 0 Å². The number of hydrogen-bond acceptors (Lipinski definition) is 3. The lowest BCUT2D eigenvalue weighted by Crippen LogP contribution is -2.39. The zero-order valence-corrected chi connectivity index (χ0v) is 17.2. The lowest BCUT2D eigenvalue weighted by molar-refractivity contribution is 0.0663. The Balaban J connectivity index is 1.58. The van der Waals surface area contributed by atoms with Crippen LogP contribution in [0.1, 0.15) is 58.8 Å². The van der Waals surface area contributed by atoms with Crippen LogP contribution in [0.5, 0.6) is 0 Å². The van der Waals surface area contributed by atoms with Crippen molar-refractivity contribution in [1.29, 1.82) is 0 Å². The molecule has 2 aliphatic rings. The Morgan fingerprint density at radius 3 is 2.76 bits per heavy atom. The second-order valence-electron chi connectivity index (χ2n) is 8.21. The molecule has 1 N–H and O–H groups in total. The molecule has 0 aliphatic carbocycles. The van der Waals surface area contributed by atoms with Crippen molar-refractivity contribution in [3.05, 3.63) is 58.9 Å². The van der Waals surface area contributed by atoms with E-state index in [0.717, 1.165) is 30.6 Å². The van der Waals surface area contributed by atoms with Gasteiger partial charge in [-0.05, 0) is 30.4 Å². The fourth-order valence-electron chi connectivity index (χ4n) is 4.46. The van der Waals surface area contributed by atoms with Crippen LogP contribution in [0.25, 0.3) is 0 Å². The summed E-state index contributed by atoms with van der Waals surface area (Å²) in [6.07, 6.45) is 2.08. The van der Waals surface area contributed by atoms with Crippen LogP contribution in [-0.2, 0) is 24.4 Å². The van der Waals surface area contributed by atoms with Crippen molar-refractivity contribution in [2.75, 3.05) is 13.2 Å². The average Bonchev–Trinajstić information content (AvgIpc) is 3.38. The standard InChI is InChI=1S/C23H29N3O3/c1-16(2)19-9-6-10-26(19)23(28)18-13-20(25-11-12-29-15-21(18)25)22(27)24-14-17-7-4-3-5-8-17/h3-5,7-8,13,16,19H,6,9-12,14-15H2,1-2H3,(H,24,27)/t19-/m0/s1. The van der Waals surface area contributed by atoms with Crippen molar-refractivity contribution in [2.45, 2.75) is 52.4 Å². The Hall–Kier alpha value is -2.60. The second kappa shape index (κ2) is 8.41. The highest BCUT2D eigenvalue weighted by Crippen LogP contribution is 2.29. The molecule has 1 atom stereocenters. The van der Waals surface area contributed by atoms with E-state index in [-0.39, 0.29) is 17.9 Å². The number of hydrogen-bond donors (Lipinski definition) is 1. The van der Waals surface area contributed by atoms with E-state index < -0.39 is 0 Å². The predicted molar refractivity (Wildman–Crippen MR) is 111 cm³/mol. The van der Waals surface area contributed by atoms with Crippen LogP contribution >= 0.6 is 0 Å². The van der Waals surface area contributed by atoms with E-state index in [1.807, 2.05) is 39.8 Å². The number of amides is 2. The van der Waals surface area contributed by atoms with Crippen molar-refractivity contribution >= 4 is 11.8 Å². The molecule has 0 saturated carbocycles. The zero-order chi connectivity index (χ0) is 20.4. The van der Waals surface area contributed by atoms with E-state index in [4.69, 9.17) is 4.74 Å². The Morgan fingerprint density at radius 1 is 1.21 bits per heavy atom. The number of likely N-dealkylation sites (tertiary alicyclic amines) is 1. The van der Waals surface area contributed by atoms with E-state index >= 15 is 0 Å². The van der Waals surface area contributed by atoms with E-state index in [0.29, 0.717) is 43.5 Å². The SMILES string of the molecule is CC(C)[C@@H]1CCCN1C(=O)c1cc(C(=O)NCc2ccccc2)n2c1COCC2. The number of fused-ring (bicyclic) bond motifs is 1. The Morgan fingerprint density at radius 2 is 2.00 bits per heavy atom. The molecule has 154 valence electrons. The number of carbonyl (C=O) groups is 2. The first kappa shape index (κ1) is 19.7. The number of nitrogens with zero attached hydrogens (tertiary/aromatic N) is 2. The topological polar surface area (TPSA) is 63.6 Å². The van der Waals surface area contributed by atoms with Gasteiger partial charge in [0, 0.05) is 25.7 Å². The molecular formula is C23H29N3O3. The van der Waals surface area contributed by atoms with E-state index in [9.17, 15) is 9.59 Å². The maximum atomic E-state index is 13.4. The summed E-state index contributed by atoms with van der Waals surface area (Å²) in [4.78, 5) is 28.3. The molecule has 0 bridgehead atoms. The lowest BCUT2D eigenvalue weighted by atomic mass is 10.0. The molecule has 3 heterocycles. The summed E-state index contributed by atoms with van der Waals surface area (Å²) in [6.45, 7) is 7.07. The molecule has 2 aromatic rings. The minimum absolute atomic E-state index is 0.0255. The van der Waals surface area contributed by atoms with Crippen LogP contribution in [0.3, 0.4) is 0 Å². The number of aromatic nitrogens is 1. The molecule has 1 saturated heterocycles. The molecule has 1 fully saturated rings. The third kappa shape index (κ3) is 3.94. The number of rotatable bonds is 5. The molecule has 6 nitrogen and oxygen atoms in total. The first-order chi connectivity index (χ1) is 14.1. The Bertz CT molecular complexity index is 888. The minimum Gasteiger partial charge on any atom is -0.373 e. The monoisotopic (exact) mass is 395 g/mol. The molecule has 1 aromatic carbocycles. The molecule has 0 radical (unpaired) electrons. The normalized spacial score (nSPS) is 18.7. The van der Waals surface area contributed by atoms with Crippen LogP contribution < -0.4 is 5.32 Å². The van der Waals surface area contributed by atoms with Crippen LogP contribution in [0.15, 0.2) is 36.4 Å². The first-order valence-electron chi connectivity index (χ1n) is 10.5. The summed E-state index contributed by atoms with van der Waals surface area (Å²) in [5.41, 5.74) is 3.02. The molecule has 1 aromatic heterocycles. The van der Waals surface area contributed by atoms with Crippen molar-refractivity contribution in [1.82, 2.24) is 14.8 Å². The van der Waals surface area contributed by atoms with E-state index in [1.165, 1.54) is 0 Å². The summed E-state index contributed by atoms with van der Waals surface area (Å²) < 4.78 is 7.58. The van der Waals surface area contributed by atoms with Crippen molar-refractivity contribution in [3.8, 4) is 0 Å². The molecule has 6 heteroatoms. The molecule has 0 spiro atoms. The number of carbonyl (C=O) groups excluding carboxylic acids is 2. The summed E-state index contributed by atoms with van der Waals surface area (Å²) in [7, 11) is 0. The quantitative estimate of drug-likeness (QED) is 0.846. The Labute approximate surface area is 171 Å². The third-order valence-corrected chi connectivity index (χ3v) is 6.00. The van der Waals surface area contributed by atoms with Gasteiger partial charge < -0.3 is 19.5 Å². The molecule has 2 aliphatic heterocycles. The van der Waals surface area contributed by atoms with Gasteiger partial charge in [-0.1, -0.05) is 44.2 Å². The van der Waals surface area contributed by atoms with Gasteiger partial charge in [0.05, 0.1) is 24.5 Å². The highest BCUT2D eigenvalue weighted by atomic mass is 16.5.